The van der Waals surface area contributed by atoms with Gasteiger partial charge in [0, 0.05) is 0 Å². The van der Waals surface area contributed by atoms with Gasteiger partial charge in [-0.05, 0) is 0 Å². The monoisotopic (exact) mass is 198 g/mol. The lowest BCUT2D eigenvalue weighted by atomic mass is 10.2. The SMILES string of the molecule is CC(C)[CH2][Al]([CH2]C(C)C)[C](C)(C)C. The zero-order valence-corrected chi connectivity index (χ0v) is 11.8. The van der Waals surface area contributed by atoms with Crippen molar-refractivity contribution in [3.63, 3.8) is 0 Å². The first-order chi connectivity index (χ1) is 5.73. The number of hydrogen-bond donors (Lipinski definition) is 0. The van der Waals surface area contributed by atoms with Crippen molar-refractivity contribution >= 4 is 14.1 Å². The molecule has 0 atom stereocenters. The van der Waals surface area contributed by atoms with Crippen LogP contribution >= 0.6 is 0 Å². The third kappa shape index (κ3) is 6.58. The van der Waals surface area contributed by atoms with E-state index in [2.05, 4.69) is 48.5 Å². The average molecular weight is 198 g/mol. The molecule has 0 unspecified atom stereocenters. The van der Waals surface area contributed by atoms with Crippen molar-refractivity contribution in [3.8, 4) is 0 Å². The minimum Gasteiger partial charge on any atom is -0.0912 e. The molecule has 1 heteroatoms. The fraction of sp³-hybridized carbons (Fsp3) is 1.00. The Morgan fingerprint density at radius 2 is 1.15 bits per heavy atom. The molecule has 0 nitrogen and oxygen atoms in total. The van der Waals surface area contributed by atoms with E-state index in [-0.39, 0.29) is 0 Å². The van der Waals surface area contributed by atoms with Gasteiger partial charge in [0.15, 0.2) is 0 Å². The predicted octanol–water partition coefficient (Wildman–Crippen LogP) is 4.59. The summed E-state index contributed by atoms with van der Waals surface area (Å²) < 4.78 is 0.620. The molecule has 0 heterocycles. The van der Waals surface area contributed by atoms with E-state index in [0.717, 1.165) is 11.8 Å². The highest BCUT2D eigenvalue weighted by Crippen LogP contribution is 2.35. The van der Waals surface area contributed by atoms with Gasteiger partial charge in [0.25, 0.3) is 14.1 Å². The van der Waals surface area contributed by atoms with Gasteiger partial charge in [0.05, 0.1) is 0 Å². The Morgan fingerprint density at radius 3 is 1.31 bits per heavy atom. The minimum atomic E-state index is -0.538. The summed E-state index contributed by atoms with van der Waals surface area (Å²) in [7, 11) is 0. The van der Waals surface area contributed by atoms with Crippen LogP contribution in [0, 0.1) is 11.8 Å². The van der Waals surface area contributed by atoms with Crippen molar-refractivity contribution in [2.24, 2.45) is 11.8 Å². The Kier molecular flexibility index (Phi) is 5.64. The van der Waals surface area contributed by atoms with Crippen molar-refractivity contribution in [1.29, 1.82) is 0 Å². The maximum Gasteiger partial charge on any atom is 0.268 e. The summed E-state index contributed by atoms with van der Waals surface area (Å²) in [5.41, 5.74) is 0. The smallest absolute Gasteiger partial charge is 0.0912 e. The second-order valence-corrected chi connectivity index (χ2v) is 10.4. The third-order valence-corrected chi connectivity index (χ3v) is 8.21. The van der Waals surface area contributed by atoms with Crippen molar-refractivity contribution in [3.05, 3.63) is 0 Å². The molecule has 0 bridgehead atoms. The first-order valence-corrected chi connectivity index (χ1v) is 7.94. The fourth-order valence-corrected chi connectivity index (χ4v) is 5.82. The van der Waals surface area contributed by atoms with E-state index in [1.165, 1.54) is 10.6 Å². The summed E-state index contributed by atoms with van der Waals surface area (Å²) in [6.07, 6.45) is 0. The van der Waals surface area contributed by atoms with E-state index < -0.39 is 14.1 Å². The van der Waals surface area contributed by atoms with Crippen LogP contribution in [0.15, 0.2) is 0 Å². The first-order valence-electron chi connectivity index (χ1n) is 5.73. The Balaban J connectivity index is 4.20. The van der Waals surface area contributed by atoms with E-state index in [4.69, 9.17) is 0 Å². The van der Waals surface area contributed by atoms with Crippen LogP contribution in [0.1, 0.15) is 48.5 Å². The molecule has 0 N–H and O–H groups in total. The number of hydrogen-bond acceptors (Lipinski definition) is 0. The highest BCUT2D eigenvalue weighted by Gasteiger charge is 2.31. The summed E-state index contributed by atoms with van der Waals surface area (Å²) in [6, 6.07) is 0. The van der Waals surface area contributed by atoms with Crippen LogP contribution < -0.4 is 0 Å². The van der Waals surface area contributed by atoms with Crippen LogP contribution in [0.25, 0.3) is 0 Å². The van der Waals surface area contributed by atoms with Gasteiger partial charge >= 0.3 is 0 Å². The first kappa shape index (κ1) is 13.5. The van der Waals surface area contributed by atoms with E-state index in [1.807, 2.05) is 0 Å². The van der Waals surface area contributed by atoms with Crippen LogP contribution in [0.5, 0.6) is 0 Å². The molecule has 0 amide bonds. The van der Waals surface area contributed by atoms with E-state index in [1.54, 1.807) is 0 Å². The Morgan fingerprint density at radius 1 is 0.846 bits per heavy atom. The van der Waals surface area contributed by atoms with Crippen molar-refractivity contribution in [2.75, 3.05) is 0 Å². The molecule has 0 fully saturated rings. The Bertz CT molecular complexity index is 121. The molecule has 0 aromatic rings. The van der Waals surface area contributed by atoms with Gasteiger partial charge in [-0.25, -0.2) is 0 Å². The molecule has 0 spiro atoms. The molecule has 0 aliphatic heterocycles. The van der Waals surface area contributed by atoms with E-state index >= 15 is 0 Å². The maximum absolute atomic E-state index is 2.44. The molecule has 0 aromatic heterocycles. The summed E-state index contributed by atoms with van der Waals surface area (Å²) in [6.45, 7) is 16.8. The van der Waals surface area contributed by atoms with E-state index in [9.17, 15) is 0 Å². The normalized spacial score (nSPS) is 12.7. The molecule has 78 valence electrons. The molecule has 0 saturated carbocycles. The zero-order valence-electron chi connectivity index (χ0n) is 10.6. The lowest BCUT2D eigenvalue weighted by molar-refractivity contribution is 0.635. The molecule has 0 radical (unpaired) electrons. The summed E-state index contributed by atoms with van der Waals surface area (Å²) in [5.74, 6) is 1.80. The van der Waals surface area contributed by atoms with Crippen molar-refractivity contribution < 1.29 is 0 Å². The van der Waals surface area contributed by atoms with Crippen LogP contribution in [-0.4, -0.2) is 14.1 Å². The lowest BCUT2D eigenvalue weighted by Crippen LogP contribution is -2.28. The van der Waals surface area contributed by atoms with Crippen LogP contribution in [0.4, 0.5) is 0 Å². The Labute approximate surface area is 89.5 Å². The average Bonchev–Trinajstić information content (AvgIpc) is 1.81. The summed E-state index contributed by atoms with van der Waals surface area (Å²) >= 11 is -0.538. The molecular formula is C12H27Al. The van der Waals surface area contributed by atoms with Crippen LogP contribution in [0.2, 0.25) is 14.8 Å². The van der Waals surface area contributed by atoms with Crippen molar-refractivity contribution in [1.82, 2.24) is 0 Å². The molecule has 0 aliphatic carbocycles. The van der Waals surface area contributed by atoms with E-state index in [0.29, 0.717) is 4.28 Å². The van der Waals surface area contributed by atoms with Gasteiger partial charge in [-0.15, -0.1) is 0 Å². The summed E-state index contributed by atoms with van der Waals surface area (Å²) in [4.78, 5) is 0. The standard InChI is InChI=1S/3C4H9.Al/c3*1-4(2)3;/h1-3H3;2*4H,1H2,2-3H3;. The fourth-order valence-electron chi connectivity index (χ4n) is 1.94. The highest BCUT2D eigenvalue weighted by molar-refractivity contribution is 6.62. The molecule has 0 aromatic carbocycles. The van der Waals surface area contributed by atoms with Gasteiger partial charge in [0.1, 0.15) is 0 Å². The largest absolute Gasteiger partial charge is 0.268 e. The molecular weight excluding hydrogens is 171 g/mol. The van der Waals surface area contributed by atoms with Gasteiger partial charge in [0.2, 0.25) is 0 Å². The molecule has 13 heavy (non-hydrogen) atoms. The van der Waals surface area contributed by atoms with Gasteiger partial charge in [-0.2, -0.15) is 0 Å². The summed E-state index contributed by atoms with van der Waals surface area (Å²) in [5, 5.41) is 3.03. The Hall–Kier alpha value is 0.532. The predicted molar refractivity (Wildman–Crippen MR) is 64.8 cm³/mol. The van der Waals surface area contributed by atoms with Gasteiger partial charge in [-0.3, -0.25) is 0 Å². The zero-order chi connectivity index (χ0) is 10.6. The second kappa shape index (κ2) is 5.42. The minimum absolute atomic E-state index is 0.538. The molecule has 0 aliphatic rings. The third-order valence-electron chi connectivity index (χ3n) is 2.74. The topological polar surface area (TPSA) is 0 Å². The van der Waals surface area contributed by atoms with Crippen LogP contribution in [-0.2, 0) is 0 Å². The van der Waals surface area contributed by atoms with Crippen molar-refractivity contribution in [2.45, 2.75) is 63.3 Å². The quantitative estimate of drug-likeness (QED) is 0.579. The van der Waals surface area contributed by atoms with Gasteiger partial charge in [-0.1, -0.05) is 75.1 Å². The highest BCUT2D eigenvalue weighted by atomic mass is 27.2. The number of rotatable bonds is 4. The maximum atomic E-state index is 2.44. The van der Waals surface area contributed by atoms with Gasteiger partial charge < -0.3 is 0 Å². The lowest BCUT2D eigenvalue weighted by Gasteiger charge is -2.29. The van der Waals surface area contributed by atoms with Crippen LogP contribution in [0.3, 0.4) is 0 Å². The second-order valence-electron chi connectivity index (χ2n) is 6.32. The molecule has 0 rings (SSSR count). The molecule has 0 saturated heterocycles.